The Bertz CT molecular complexity index is 372. The molecule has 7 nitrogen and oxygen atoms in total. The van der Waals surface area contributed by atoms with E-state index in [9.17, 15) is 9.59 Å². The van der Waals surface area contributed by atoms with Gasteiger partial charge in [-0.3, -0.25) is 0 Å². The fourth-order valence-electron chi connectivity index (χ4n) is 1.74. The van der Waals surface area contributed by atoms with Crippen molar-refractivity contribution in [3.8, 4) is 0 Å². The van der Waals surface area contributed by atoms with Crippen LogP contribution >= 0.6 is 0 Å². The highest BCUT2D eigenvalue weighted by Crippen LogP contribution is 2.15. The number of ether oxygens (including phenoxy) is 2. The summed E-state index contributed by atoms with van der Waals surface area (Å²) >= 11 is 0. The summed E-state index contributed by atoms with van der Waals surface area (Å²) in [6.07, 6.45) is 0.113. The van der Waals surface area contributed by atoms with Crippen molar-refractivity contribution in [2.45, 2.75) is 65.5 Å². The second kappa shape index (κ2) is 9.60. The Morgan fingerprint density at radius 3 is 2.17 bits per heavy atom. The van der Waals surface area contributed by atoms with E-state index in [0.717, 1.165) is 0 Å². The molecule has 0 atom stereocenters. The summed E-state index contributed by atoms with van der Waals surface area (Å²) in [6.45, 7) is 12.2. The quantitative estimate of drug-likeness (QED) is 0.699. The third-order valence-corrected chi connectivity index (χ3v) is 2.78. The van der Waals surface area contributed by atoms with Crippen LogP contribution < -0.4 is 5.32 Å². The summed E-state index contributed by atoms with van der Waals surface area (Å²) in [5, 5.41) is 11.5. The molecule has 0 radical (unpaired) electrons. The third kappa shape index (κ3) is 10.8. The Balaban J connectivity index is 4.06. The summed E-state index contributed by atoms with van der Waals surface area (Å²) in [5.41, 5.74) is -0.905. The van der Waals surface area contributed by atoms with E-state index in [1.807, 2.05) is 20.8 Å². The number of hydrogen-bond donors (Lipinski definition) is 2. The first-order chi connectivity index (χ1) is 10.5. The maximum atomic E-state index is 12.1. The second-order valence-electron chi connectivity index (χ2n) is 7.30. The van der Waals surface area contributed by atoms with E-state index in [0.29, 0.717) is 25.9 Å². The summed E-state index contributed by atoms with van der Waals surface area (Å²) in [5.74, 6) is 0. The Morgan fingerprint density at radius 2 is 1.70 bits per heavy atom. The molecule has 0 aliphatic heterocycles. The van der Waals surface area contributed by atoms with Crippen LogP contribution in [0.25, 0.3) is 0 Å². The number of amides is 2. The first kappa shape index (κ1) is 21.5. The first-order valence-corrected chi connectivity index (χ1v) is 7.99. The zero-order valence-electron chi connectivity index (χ0n) is 15.3. The summed E-state index contributed by atoms with van der Waals surface area (Å²) < 4.78 is 10.3. The fourth-order valence-corrected chi connectivity index (χ4v) is 1.74. The zero-order chi connectivity index (χ0) is 18.1. The number of aliphatic hydroxyl groups excluding tert-OH is 1. The average Bonchev–Trinajstić information content (AvgIpc) is 2.35. The largest absolute Gasteiger partial charge is 0.449 e. The molecule has 0 aromatic rings. The fraction of sp³-hybridized carbons (Fsp3) is 0.875. The molecule has 23 heavy (non-hydrogen) atoms. The van der Waals surface area contributed by atoms with Crippen LogP contribution in [0.15, 0.2) is 0 Å². The molecule has 0 aromatic carbocycles. The van der Waals surface area contributed by atoms with Crippen molar-refractivity contribution in [2.24, 2.45) is 0 Å². The molecule has 0 aliphatic carbocycles. The van der Waals surface area contributed by atoms with Gasteiger partial charge < -0.3 is 24.8 Å². The van der Waals surface area contributed by atoms with E-state index in [2.05, 4.69) is 5.32 Å². The summed E-state index contributed by atoms with van der Waals surface area (Å²) in [4.78, 5) is 25.1. The standard InChI is InChI=1S/C16H32N2O5/c1-15(2,3)18(10-8-11-19)14(21)22-12-7-9-17-13(20)23-16(4,5)6/h19H,7-12H2,1-6H3,(H,17,20). The van der Waals surface area contributed by atoms with Crippen molar-refractivity contribution in [3.63, 3.8) is 0 Å². The molecule has 0 saturated heterocycles. The molecule has 2 amide bonds. The molecule has 0 unspecified atom stereocenters. The van der Waals surface area contributed by atoms with Gasteiger partial charge in [-0.15, -0.1) is 0 Å². The zero-order valence-corrected chi connectivity index (χ0v) is 15.3. The molecule has 0 heterocycles. The number of rotatable bonds is 7. The molecule has 0 fully saturated rings. The van der Waals surface area contributed by atoms with Crippen molar-refractivity contribution >= 4 is 12.2 Å². The molecular weight excluding hydrogens is 300 g/mol. The number of hydrogen-bond acceptors (Lipinski definition) is 5. The number of aliphatic hydroxyl groups is 1. The maximum Gasteiger partial charge on any atom is 0.410 e. The highest BCUT2D eigenvalue weighted by molar-refractivity contribution is 5.68. The monoisotopic (exact) mass is 332 g/mol. The Morgan fingerprint density at radius 1 is 1.09 bits per heavy atom. The van der Waals surface area contributed by atoms with Crippen LogP contribution in [-0.4, -0.2) is 59.6 Å². The van der Waals surface area contributed by atoms with E-state index < -0.39 is 17.8 Å². The Kier molecular flexibility index (Phi) is 8.97. The second-order valence-corrected chi connectivity index (χ2v) is 7.30. The molecule has 7 heteroatoms. The van der Waals surface area contributed by atoms with Gasteiger partial charge >= 0.3 is 12.2 Å². The van der Waals surface area contributed by atoms with E-state index >= 15 is 0 Å². The Labute approximate surface area is 139 Å². The smallest absolute Gasteiger partial charge is 0.410 e. The number of nitrogens with one attached hydrogen (secondary N) is 1. The highest BCUT2D eigenvalue weighted by atomic mass is 16.6. The highest BCUT2D eigenvalue weighted by Gasteiger charge is 2.27. The molecule has 136 valence electrons. The van der Waals surface area contributed by atoms with E-state index in [1.165, 1.54) is 0 Å². The lowest BCUT2D eigenvalue weighted by atomic mass is 10.1. The van der Waals surface area contributed by atoms with Crippen LogP contribution in [-0.2, 0) is 9.47 Å². The molecular formula is C16H32N2O5. The van der Waals surface area contributed by atoms with Crippen molar-refractivity contribution in [1.29, 1.82) is 0 Å². The van der Waals surface area contributed by atoms with E-state index in [1.54, 1.807) is 25.7 Å². The van der Waals surface area contributed by atoms with Gasteiger partial charge in [0.25, 0.3) is 0 Å². The van der Waals surface area contributed by atoms with Gasteiger partial charge in [0.15, 0.2) is 0 Å². The minimum atomic E-state index is -0.531. The number of nitrogens with zero attached hydrogens (tertiary/aromatic N) is 1. The van der Waals surface area contributed by atoms with Crippen LogP contribution in [0.2, 0.25) is 0 Å². The van der Waals surface area contributed by atoms with Gasteiger partial charge in [-0.1, -0.05) is 0 Å². The molecule has 0 saturated carbocycles. The van der Waals surface area contributed by atoms with Crippen LogP contribution in [0.3, 0.4) is 0 Å². The minimum absolute atomic E-state index is 0.0274. The minimum Gasteiger partial charge on any atom is -0.449 e. The lowest BCUT2D eigenvalue weighted by molar-refractivity contribution is 0.0515. The predicted molar refractivity (Wildman–Crippen MR) is 88.4 cm³/mol. The van der Waals surface area contributed by atoms with Crippen LogP contribution in [0.5, 0.6) is 0 Å². The van der Waals surface area contributed by atoms with Gasteiger partial charge in [0.05, 0.1) is 6.61 Å². The lowest BCUT2D eigenvalue weighted by Crippen LogP contribution is -2.46. The average molecular weight is 332 g/mol. The lowest BCUT2D eigenvalue weighted by Gasteiger charge is -2.34. The topological polar surface area (TPSA) is 88.1 Å². The van der Waals surface area contributed by atoms with Gasteiger partial charge in [-0.25, -0.2) is 9.59 Å². The molecule has 0 bridgehead atoms. The van der Waals surface area contributed by atoms with Crippen molar-refractivity contribution in [3.05, 3.63) is 0 Å². The van der Waals surface area contributed by atoms with Crippen molar-refractivity contribution < 1.29 is 24.2 Å². The van der Waals surface area contributed by atoms with Gasteiger partial charge in [-0.05, 0) is 54.4 Å². The molecule has 0 aliphatic rings. The molecule has 0 rings (SSSR count). The maximum absolute atomic E-state index is 12.1. The molecule has 0 aromatic heterocycles. The van der Waals surface area contributed by atoms with Gasteiger partial charge in [0, 0.05) is 25.2 Å². The summed E-state index contributed by atoms with van der Waals surface area (Å²) in [7, 11) is 0. The Hall–Kier alpha value is -1.50. The third-order valence-electron chi connectivity index (χ3n) is 2.78. The SMILES string of the molecule is CC(C)(C)OC(=O)NCCCOC(=O)N(CCCO)C(C)(C)C. The number of alkyl carbamates (subject to hydrolysis) is 1. The van der Waals surface area contributed by atoms with Crippen molar-refractivity contribution in [1.82, 2.24) is 10.2 Å². The number of carbonyl (C=O) groups excluding carboxylic acids is 2. The van der Waals surface area contributed by atoms with Gasteiger partial charge in [0.1, 0.15) is 5.60 Å². The van der Waals surface area contributed by atoms with E-state index in [4.69, 9.17) is 14.6 Å². The van der Waals surface area contributed by atoms with Gasteiger partial charge in [-0.2, -0.15) is 0 Å². The normalized spacial score (nSPS) is 11.8. The van der Waals surface area contributed by atoms with E-state index in [-0.39, 0.29) is 18.8 Å². The summed E-state index contributed by atoms with van der Waals surface area (Å²) in [6, 6.07) is 0. The van der Waals surface area contributed by atoms with Crippen LogP contribution in [0.1, 0.15) is 54.4 Å². The van der Waals surface area contributed by atoms with Crippen molar-refractivity contribution in [2.75, 3.05) is 26.3 Å². The van der Waals surface area contributed by atoms with Crippen LogP contribution in [0.4, 0.5) is 9.59 Å². The molecule has 0 spiro atoms. The first-order valence-electron chi connectivity index (χ1n) is 7.99. The predicted octanol–water partition coefficient (Wildman–Crippen LogP) is 2.52. The van der Waals surface area contributed by atoms with Crippen LogP contribution in [0, 0.1) is 0 Å². The van der Waals surface area contributed by atoms with Gasteiger partial charge in [0.2, 0.25) is 0 Å². The molecule has 2 N–H and O–H groups in total. The number of carbonyl (C=O) groups is 2.